The van der Waals surface area contributed by atoms with Crippen LogP contribution < -0.4 is 5.32 Å². The molecule has 2 aromatic carbocycles. The zero-order valence-corrected chi connectivity index (χ0v) is 11.5. The van der Waals surface area contributed by atoms with Crippen LogP contribution in [0, 0.1) is 0 Å². The third-order valence-corrected chi connectivity index (χ3v) is 2.92. The zero-order chi connectivity index (χ0) is 13.7. The van der Waals surface area contributed by atoms with Crippen LogP contribution in [-0.2, 0) is 11.3 Å². The van der Waals surface area contributed by atoms with E-state index >= 15 is 0 Å². The van der Waals surface area contributed by atoms with E-state index in [0.717, 1.165) is 16.1 Å². The minimum Gasteiger partial charge on any atom is -0.380 e. The van der Waals surface area contributed by atoms with Gasteiger partial charge >= 0.3 is 0 Å². The van der Waals surface area contributed by atoms with Crippen molar-refractivity contribution in [3.05, 3.63) is 59.7 Å². The normalized spacial score (nSPS) is 10.2. The molecule has 3 nitrogen and oxygen atoms in total. The summed E-state index contributed by atoms with van der Waals surface area (Å²) in [7, 11) is 1.64. The summed E-state index contributed by atoms with van der Waals surface area (Å²) in [6.07, 6.45) is 0. The number of nitrogens with one attached hydrogen (secondary N) is 1. The summed E-state index contributed by atoms with van der Waals surface area (Å²) in [6, 6.07) is 14.7. The number of benzene rings is 2. The first-order chi connectivity index (χ1) is 9.19. The summed E-state index contributed by atoms with van der Waals surface area (Å²) in [5.74, 6) is -0.136. The van der Waals surface area contributed by atoms with E-state index < -0.39 is 0 Å². The minimum atomic E-state index is -0.136. The van der Waals surface area contributed by atoms with Gasteiger partial charge in [-0.2, -0.15) is 0 Å². The van der Waals surface area contributed by atoms with Gasteiger partial charge in [0.1, 0.15) is 0 Å². The van der Waals surface area contributed by atoms with E-state index in [1.807, 2.05) is 24.3 Å². The van der Waals surface area contributed by atoms with Crippen molar-refractivity contribution >= 4 is 24.2 Å². The van der Waals surface area contributed by atoms with Gasteiger partial charge in [0, 0.05) is 23.3 Å². The highest BCUT2D eigenvalue weighted by molar-refractivity contribution is 7.80. The molecule has 0 unspecified atom stereocenters. The molecule has 0 aromatic heterocycles. The Labute approximate surface area is 118 Å². The first kappa shape index (κ1) is 13.6. The van der Waals surface area contributed by atoms with Crippen molar-refractivity contribution in [2.24, 2.45) is 0 Å². The number of hydrogen-bond acceptors (Lipinski definition) is 3. The summed E-state index contributed by atoms with van der Waals surface area (Å²) in [4.78, 5) is 12.9. The van der Waals surface area contributed by atoms with Crippen molar-refractivity contribution in [1.82, 2.24) is 0 Å². The zero-order valence-electron chi connectivity index (χ0n) is 10.6. The molecule has 0 saturated carbocycles. The lowest BCUT2D eigenvalue weighted by Crippen LogP contribution is -2.11. The second-order valence-electron chi connectivity index (χ2n) is 4.13. The molecular formula is C15H15NO2S. The SMILES string of the molecule is COCc1cccc(NC(=O)c2ccc(S)cc2)c1. The Balaban J connectivity index is 2.10. The number of anilines is 1. The van der Waals surface area contributed by atoms with Crippen molar-refractivity contribution in [2.75, 3.05) is 12.4 Å². The Kier molecular flexibility index (Phi) is 4.60. The Bertz CT molecular complexity index is 567. The summed E-state index contributed by atoms with van der Waals surface area (Å²) < 4.78 is 5.06. The number of amides is 1. The van der Waals surface area contributed by atoms with Gasteiger partial charge in [0.05, 0.1) is 6.61 Å². The standard InChI is InChI=1S/C15H15NO2S/c1-18-10-11-3-2-4-13(9-11)16-15(17)12-5-7-14(19)8-6-12/h2-9,19H,10H2,1H3,(H,16,17). The predicted octanol–water partition coefficient (Wildman–Crippen LogP) is 3.37. The van der Waals surface area contributed by atoms with Gasteiger partial charge < -0.3 is 10.1 Å². The molecule has 0 saturated heterocycles. The molecule has 0 bridgehead atoms. The van der Waals surface area contributed by atoms with Crippen LogP contribution in [-0.4, -0.2) is 13.0 Å². The average Bonchev–Trinajstić information content (AvgIpc) is 2.40. The summed E-state index contributed by atoms with van der Waals surface area (Å²) in [6.45, 7) is 0.526. The second kappa shape index (κ2) is 6.41. The predicted molar refractivity (Wildman–Crippen MR) is 78.8 cm³/mol. The monoisotopic (exact) mass is 273 g/mol. The van der Waals surface area contributed by atoms with E-state index in [9.17, 15) is 4.79 Å². The van der Waals surface area contributed by atoms with Crippen LogP contribution in [0.3, 0.4) is 0 Å². The topological polar surface area (TPSA) is 38.3 Å². The van der Waals surface area contributed by atoms with Crippen molar-refractivity contribution in [2.45, 2.75) is 11.5 Å². The van der Waals surface area contributed by atoms with E-state index in [1.54, 1.807) is 31.4 Å². The highest BCUT2D eigenvalue weighted by Gasteiger charge is 2.05. The van der Waals surface area contributed by atoms with E-state index in [0.29, 0.717) is 12.2 Å². The fourth-order valence-electron chi connectivity index (χ4n) is 1.72. The average molecular weight is 273 g/mol. The van der Waals surface area contributed by atoms with Crippen molar-refractivity contribution in [1.29, 1.82) is 0 Å². The third kappa shape index (κ3) is 3.84. The van der Waals surface area contributed by atoms with Gasteiger partial charge in [0.2, 0.25) is 0 Å². The summed E-state index contributed by atoms with van der Waals surface area (Å²) >= 11 is 4.19. The van der Waals surface area contributed by atoms with Gasteiger partial charge in [-0.1, -0.05) is 12.1 Å². The number of carbonyl (C=O) groups excluding carboxylic acids is 1. The molecule has 0 aliphatic heterocycles. The Morgan fingerprint density at radius 3 is 2.63 bits per heavy atom. The van der Waals surface area contributed by atoms with Crippen LogP contribution >= 0.6 is 12.6 Å². The molecule has 2 aromatic rings. The van der Waals surface area contributed by atoms with Crippen LogP contribution in [0.25, 0.3) is 0 Å². The lowest BCUT2D eigenvalue weighted by molar-refractivity contribution is 0.102. The molecule has 0 atom stereocenters. The van der Waals surface area contributed by atoms with Gasteiger partial charge in [-0.05, 0) is 42.0 Å². The molecule has 0 aliphatic carbocycles. The van der Waals surface area contributed by atoms with Gasteiger partial charge in [-0.25, -0.2) is 0 Å². The molecule has 2 rings (SSSR count). The first-order valence-electron chi connectivity index (χ1n) is 5.87. The Morgan fingerprint density at radius 1 is 1.21 bits per heavy atom. The van der Waals surface area contributed by atoms with Gasteiger partial charge in [-0.3, -0.25) is 4.79 Å². The quantitative estimate of drug-likeness (QED) is 0.838. The highest BCUT2D eigenvalue weighted by atomic mass is 32.1. The summed E-state index contributed by atoms with van der Waals surface area (Å²) in [5, 5.41) is 2.86. The summed E-state index contributed by atoms with van der Waals surface area (Å²) in [5.41, 5.74) is 2.38. The molecule has 0 aliphatic rings. The smallest absolute Gasteiger partial charge is 0.255 e. The van der Waals surface area contributed by atoms with Gasteiger partial charge in [0.15, 0.2) is 0 Å². The largest absolute Gasteiger partial charge is 0.380 e. The maximum Gasteiger partial charge on any atom is 0.255 e. The van der Waals surface area contributed by atoms with Crippen molar-refractivity contribution in [3.63, 3.8) is 0 Å². The first-order valence-corrected chi connectivity index (χ1v) is 6.32. The van der Waals surface area contributed by atoms with Gasteiger partial charge in [0.25, 0.3) is 5.91 Å². The lowest BCUT2D eigenvalue weighted by atomic mass is 10.2. The highest BCUT2D eigenvalue weighted by Crippen LogP contribution is 2.14. The van der Waals surface area contributed by atoms with Crippen LogP contribution in [0.15, 0.2) is 53.4 Å². The molecule has 0 radical (unpaired) electrons. The number of thiol groups is 1. The molecule has 98 valence electrons. The molecule has 1 amide bonds. The number of ether oxygens (including phenoxy) is 1. The van der Waals surface area contributed by atoms with Crippen molar-refractivity contribution < 1.29 is 9.53 Å². The molecule has 0 spiro atoms. The third-order valence-electron chi connectivity index (χ3n) is 2.63. The Morgan fingerprint density at radius 2 is 1.95 bits per heavy atom. The van der Waals surface area contributed by atoms with E-state index in [2.05, 4.69) is 17.9 Å². The molecular weight excluding hydrogens is 258 g/mol. The van der Waals surface area contributed by atoms with Crippen molar-refractivity contribution in [3.8, 4) is 0 Å². The molecule has 0 fully saturated rings. The maximum absolute atomic E-state index is 12.0. The van der Waals surface area contributed by atoms with Gasteiger partial charge in [-0.15, -0.1) is 12.6 Å². The number of methoxy groups -OCH3 is 1. The van der Waals surface area contributed by atoms with E-state index in [-0.39, 0.29) is 5.91 Å². The number of carbonyl (C=O) groups is 1. The molecule has 19 heavy (non-hydrogen) atoms. The number of rotatable bonds is 4. The minimum absolute atomic E-state index is 0.136. The van der Waals surface area contributed by atoms with E-state index in [4.69, 9.17) is 4.74 Å². The Hall–Kier alpha value is -1.78. The molecule has 1 N–H and O–H groups in total. The van der Waals surface area contributed by atoms with Crippen LogP contribution in [0.4, 0.5) is 5.69 Å². The lowest BCUT2D eigenvalue weighted by Gasteiger charge is -2.07. The van der Waals surface area contributed by atoms with Crippen LogP contribution in [0.5, 0.6) is 0 Å². The fourth-order valence-corrected chi connectivity index (χ4v) is 1.87. The fraction of sp³-hybridized carbons (Fsp3) is 0.133. The maximum atomic E-state index is 12.0. The second-order valence-corrected chi connectivity index (χ2v) is 4.65. The van der Waals surface area contributed by atoms with Crippen LogP contribution in [0.1, 0.15) is 15.9 Å². The molecule has 4 heteroatoms. The van der Waals surface area contributed by atoms with E-state index in [1.165, 1.54) is 0 Å². The number of hydrogen-bond donors (Lipinski definition) is 2. The molecule has 0 heterocycles. The van der Waals surface area contributed by atoms with Crippen LogP contribution in [0.2, 0.25) is 0 Å².